The first kappa shape index (κ1) is 14.7. The van der Waals surface area contributed by atoms with E-state index >= 15 is 0 Å². The summed E-state index contributed by atoms with van der Waals surface area (Å²) >= 11 is 0. The number of nitrogens with zero attached hydrogens (tertiary/aromatic N) is 3. The van der Waals surface area contributed by atoms with E-state index in [0.717, 1.165) is 5.69 Å². The summed E-state index contributed by atoms with van der Waals surface area (Å²) in [5.41, 5.74) is 1.33. The van der Waals surface area contributed by atoms with E-state index in [2.05, 4.69) is 15.4 Å². The molecule has 0 bridgehead atoms. The number of amides is 1. The fourth-order valence-corrected chi connectivity index (χ4v) is 1.72. The van der Waals surface area contributed by atoms with Crippen LogP contribution in [0.3, 0.4) is 0 Å². The molecule has 110 valence electrons. The number of rotatable bonds is 6. The van der Waals surface area contributed by atoms with Gasteiger partial charge in [0.05, 0.1) is 18.7 Å². The van der Waals surface area contributed by atoms with E-state index in [1.54, 1.807) is 42.2 Å². The van der Waals surface area contributed by atoms with Gasteiger partial charge in [0.2, 0.25) is 0 Å². The number of hydrogen-bond donors (Lipinski definition) is 1. The summed E-state index contributed by atoms with van der Waals surface area (Å²) in [5.74, 6) is -0.552. The Balaban J connectivity index is 1.87. The number of carbonyl (C=O) groups is 2. The monoisotopic (exact) mass is 288 g/mol. The molecule has 0 aliphatic heterocycles. The Morgan fingerprint density at radius 2 is 2.05 bits per heavy atom. The van der Waals surface area contributed by atoms with E-state index in [9.17, 15) is 9.59 Å². The number of nitrogens with one attached hydrogen (secondary N) is 1. The van der Waals surface area contributed by atoms with Gasteiger partial charge in [-0.2, -0.15) is 5.10 Å². The lowest BCUT2D eigenvalue weighted by Gasteiger charge is -2.06. The van der Waals surface area contributed by atoms with Crippen LogP contribution in [0.25, 0.3) is 5.69 Å². The van der Waals surface area contributed by atoms with E-state index in [4.69, 9.17) is 4.74 Å². The molecule has 2 rings (SSSR count). The molecule has 1 amide bonds. The van der Waals surface area contributed by atoms with Gasteiger partial charge >= 0.3 is 5.97 Å². The second kappa shape index (κ2) is 7.18. The van der Waals surface area contributed by atoms with Gasteiger partial charge in [-0.1, -0.05) is 0 Å². The standard InChI is InChI=1S/C14H16N4O3/c1-2-21-13(19)7-8-16-14(20)11-3-5-12(6-4-11)18-10-15-9-17-18/h3-6,9-10H,2,7-8H2,1H3,(H,16,20). The first-order valence-corrected chi connectivity index (χ1v) is 6.59. The molecule has 0 spiro atoms. The topological polar surface area (TPSA) is 86.1 Å². The molecule has 0 fully saturated rings. The molecule has 0 saturated heterocycles. The molecule has 1 N–H and O–H groups in total. The van der Waals surface area contributed by atoms with Crippen LogP contribution in [0.2, 0.25) is 0 Å². The first-order chi connectivity index (χ1) is 10.2. The summed E-state index contributed by atoms with van der Waals surface area (Å²) in [7, 11) is 0. The molecule has 1 aromatic heterocycles. The maximum atomic E-state index is 11.9. The van der Waals surface area contributed by atoms with Gasteiger partial charge < -0.3 is 10.1 Å². The van der Waals surface area contributed by atoms with Crippen LogP contribution in [0.1, 0.15) is 23.7 Å². The van der Waals surface area contributed by atoms with Crippen LogP contribution >= 0.6 is 0 Å². The minimum Gasteiger partial charge on any atom is -0.466 e. The fraction of sp³-hybridized carbons (Fsp3) is 0.286. The van der Waals surface area contributed by atoms with E-state index in [0.29, 0.717) is 12.2 Å². The van der Waals surface area contributed by atoms with Crippen molar-refractivity contribution in [3.63, 3.8) is 0 Å². The molecule has 0 saturated carbocycles. The van der Waals surface area contributed by atoms with E-state index in [1.165, 1.54) is 6.33 Å². The molecule has 0 aliphatic rings. The molecule has 2 aromatic rings. The zero-order chi connectivity index (χ0) is 15.1. The SMILES string of the molecule is CCOC(=O)CCNC(=O)c1ccc(-n2cncn2)cc1. The highest BCUT2D eigenvalue weighted by Crippen LogP contribution is 2.07. The number of ether oxygens (including phenoxy) is 1. The van der Waals surface area contributed by atoms with Crippen molar-refractivity contribution in [3.8, 4) is 5.69 Å². The Bertz CT molecular complexity index is 593. The van der Waals surface area contributed by atoms with Gasteiger partial charge in [-0.15, -0.1) is 0 Å². The number of esters is 1. The lowest BCUT2D eigenvalue weighted by atomic mass is 10.2. The smallest absolute Gasteiger partial charge is 0.307 e. The normalized spacial score (nSPS) is 10.1. The molecule has 7 heteroatoms. The summed E-state index contributed by atoms with van der Waals surface area (Å²) < 4.78 is 6.38. The molecule has 1 aromatic carbocycles. The van der Waals surface area contributed by atoms with Gasteiger partial charge in [-0.25, -0.2) is 9.67 Å². The zero-order valence-electron chi connectivity index (χ0n) is 11.7. The third-order valence-corrected chi connectivity index (χ3v) is 2.73. The summed E-state index contributed by atoms with van der Waals surface area (Å²) in [6, 6.07) is 6.93. The van der Waals surface area contributed by atoms with E-state index < -0.39 is 0 Å². The van der Waals surface area contributed by atoms with Gasteiger partial charge in [0.25, 0.3) is 5.91 Å². The molecule has 1 heterocycles. The lowest BCUT2D eigenvalue weighted by Crippen LogP contribution is -2.26. The second-order valence-electron chi connectivity index (χ2n) is 4.20. The van der Waals surface area contributed by atoms with E-state index in [-0.39, 0.29) is 24.8 Å². The quantitative estimate of drug-likeness (QED) is 0.800. The molecule has 0 atom stereocenters. The van der Waals surface area contributed by atoms with Gasteiger partial charge in [-0.05, 0) is 31.2 Å². The molecule has 21 heavy (non-hydrogen) atoms. The highest BCUT2D eigenvalue weighted by atomic mass is 16.5. The van der Waals surface area contributed by atoms with Gasteiger partial charge in [0.15, 0.2) is 0 Å². The predicted molar refractivity (Wildman–Crippen MR) is 74.9 cm³/mol. The maximum absolute atomic E-state index is 11.9. The van der Waals surface area contributed by atoms with Crippen LogP contribution in [0, 0.1) is 0 Å². The molecule has 0 aliphatic carbocycles. The fourth-order valence-electron chi connectivity index (χ4n) is 1.72. The Labute approximate surface area is 121 Å². The largest absolute Gasteiger partial charge is 0.466 e. The van der Waals surface area contributed by atoms with Crippen molar-refractivity contribution in [2.75, 3.05) is 13.2 Å². The van der Waals surface area contributed by atoms with Crippen molar-refractivity contribution in [1.82, 2.24) is 20.1 Å². The Hall–Kier alpha value is -2.70. The minimum absolute atomic E-state index is 0.163. The second-order valence-corrected chi connectivity index (χ2v) is 4.20. The number of carbonyl (C=O) groups excluding carboxylic acids is 2. The minimum atomic E-state index is -0.320. The average molecular weight is 288 g/mol. The van der Waals surface area contributed by atoms with Crippen molar-refractivity contribution >= 4 is 11.9 Å². The average Bonchev–Trinajstić information content (AvgIpc) is 3.02. The van der Waals surface area contributed by atoms with Crippen molar-refractivity contribution in [3.05, 3.63) is 42.5 Å². The van der Waals surface area contributed by atoms with Crippen molar-refractivity contribution < 1.29 is 14.3 Å². The van der Waals surface area contributed by atoms with Crippen LogP contribution in [0.4, 0.5) is 0 Å². The molecule has 7 nitrogen and oxygen atoms in total. The van der Waals surface area contributed by atoms with Crippen LogP contribution in [0.15, 0.2) is 36.9 Å². The Morgan fingerprint density at radius 3 is 2.67 bits per heavy atom. The highest BCUT2D eigenvalue weighted by Gasteiger charge is 2.07. The number of aromatic nitrogens is 3. The molecular formula is C14H16N4O3. The van der Waals surface area contributed by atoms with Crippen LogP contribution in [-0.2, 0) is 9.53 Å². The summed E-state index contributed by atoms with van der Waals surface area (Å²) in [6.45, 7) is 2.34. The van der Waals surface area contributed by atoms with Gasteiger partial charge in [-0.3, -0.25) is 9.59 Å². The Kier molecular flexibility index (Phi) is 5.03. The van der Waals surface area contributed by atoms with Crippen molar-refractivity contribution in [2.24, 2.45) is 0 Å². The first-order valence-electron chi connectivity index (χ1n) is 6.59. The summed E-state index contributed by atoms with van der Waals surface area (Å²) in [4.78, 5) is 26.9. The third-order valence-electron chi connectivity index (χ3n) is 2.73. The van der Waals surface area contributed by atoms with E-state index in [1.807, 2.05) is 0 Å². The molecule has 0 radical (unpaired) electrons. The maximum Gasteiger partial charge on any atom is 0.307 e. The summed E-state index contributed by atoms with van der Waals surface area (Å²) in [5, 5.41) is 6.67. The summed E-state index contributed by atoms with van der Waals surface area (Å²) in [6.07, 6.45) is 3.18. The number of benzene rings is 1. The Morgan fingerprint density at radius 1 is 1.29 bits per heavy atom. The van der Waals surface area contributed by atoms with Gasteiger partial charge in [0.1, 0.15) is 12.7 Å². The lowest BCUT2D eigenvalue weighted by molar-refractivity contribution is -0.142. The number of hydrogen-bond acceptors (Lipinski definition) is 5. The predicted octanol–water partition coefficient (Wildman–Crippen LogP) is 0.950. The van der Waals surface area contributed by atoms with Crippen molar-refractivity contribution in [1.29, 1.82) is 0 Å². The molecular weight excluding hydrogens is 272 g/mol. The van der Waals surface area contributed by atoms with Gasteiger partial charge in [0, 0.05) is 12.1 Å². The highest BCUT2D eigenvalue weighted by molar-refractivity contribution is 5.94. The third kappa shape index (κ3) is 4.13. The molecule has 0 unspecified atom stereocenters. The zero-order valence-corrected chi connectivity index (χ0v) is 11.7. The van der Waals surface area contributed by atoms with Crippen molar-refractivity contribution in [2.45, 2.75) is 13.3 Å². The van der Waals surface area contributed by atoms with Crippen LogP contribution < -0.4 is 5.32 Å². The van der Waals surface area contributed by atoms with Crippen LogP contribution in [-0.4, -0.2) is 39.8 Å². The van der Waals surface area contributed by atoms with Crippen LogP contribution in [0.5, 0.6) is 0 Å².